The summed E-state index contributed by atoms with van der Waals surface area (Å²) in [4.78, 5) is 11.0. The highest BCUT2D eigenvalue weighted by atomic mass is 32.1. The molecular formula is C54H32N2O2S. The molecule has 4 nitrogen and oxygen atoms in total. The maximum absolute atomic E-state index is 6.65. The van der Waals surface area contributed by atoms with Crippen LogP contribution in [-0.2, 0) is 11.8 Å². The Hall–Kier alpha value is -7.08. The second-order valence-electron chi connectivity index (χ2n) is 16.5. The van der Waals surface area contributed by atoms with Crippen LogP contribution in [0, 0.1) is 0 Å². The van der Waals surface area contributed by atoms with Crippen LogP contribution in [0.3, 0.4) is 0 Å². The van der Waals surface area contributed by atoms with Crippen molar-refractivity contribution < 1.29 is 8.83 Å². The van der Waals surface area contributed by atoms with Crippen molar-refractivity contribution in [2.45, 2.75) is 24.2 Å². The number of para-hydroxylation sites is 2. The number of rotatable bonds is 3. The maximum atomic E-state index is 6.65. The molecule has 1 fully saturated rings. The van der Waals surface area contributed by atoms with Crippen LogP contribution in [0.5, 0.6) is 0 Å². The Labute approximate surface area is 342 Å². The molecule has 14 rings (SSSR count). The SMILES string of the molecule is c1ccc(-c2ccc3c(c2)-c2c(ccc4ccccc24)CC32CC2c2nc(-c3ccc4c(c3)sc3cc5oc6ccccc6c5cc34)c3oc4ccccc4c3n2)cc1. The molecule has 1 spiro atoms. The molecule has 4 aromatic heterocycles. The van der Waals surface area contributed by atoms with E-state index in [1.807, 2.05) is 24.3 Å². The van der Waals surface area contributed by atoms with Gasteiger partial charge in [-0.15, -0.1) is 11.3 Å². The number of hydrogen-bond acceptors (Lipinski definition) is 5. The van der Waals surface area contributed by atoms with Crippen molar-refractivity contribution in [1.82, 2.24) is 9.97 Å². The smallest absolute Gasteiger partial charge is 0.180 e. The third kappa shape index (κ3) is 4.48. The molecule has 2 unspecified atom stereocenters. The summed E-state index contributed by atoms with van der Waals surface area (Å²) >= 11 is 1.80. The van der Waals surface area contributed by atoms with E-state index in [4.69, 9.17) is 18.8 Å². The normalized spacial score (nSPS) is 17.3. The van der Waals surface area contributed by atoms with Gasteiger partial charge in [0.05, 0.1) is 0 Å². The maximum Gasteiger partial charge on any atom is 0.180 e. The van der Waals surface area contributed by atoms with Gasteiger partial charge in [-0.25, -0.2) is 9.97 Å². The second-order valence-corrected chi connectivity index (χ2v) is 17.6. The van der Waals surface area contributed by atoms with Gasteiger partial charge in [0.15, 0.2) is 5.58 Å². The largest absolute Gasteiger partial charge is 0.456 e. The molecule has 2 atom stereocenters. The van der Waals surface area contributed by atoms with Crippen molar-refractivity contribution in [3.05, 3.63) is 181 Å². The van der Waals surface area contributed by atoms with Crippen LogP contribution < -0.4 is 0 Å². The zero-order chi connectivity index (χ0) is 38.4. The molecule has 0 aliphatic heterocycles. The van der Waals surface area contributed by atoms with Gasteiger partial charge in [0, 0.05) is 53.2 Å². The molecule has 59 heavy (non-hydrogen) atoms. The average molecular weight is 773 g/mol. The minimum absolute atomic E-state index is 0.110. The van der Waals surface area contributed by atoms with Crippen LogP contribution in [0.1, 0.15) is 29.3 Å². The van der Waals surface area contributed by atoms with Crippen LogP contribution in [0.4, 0.5) is 0 Å². The van der Waals surface area contributed by atoms with Crippen molar-refractivity contribution in [1.29, 1.82) is 0 Å². The van der Waals surface area contributed by atoms with E-state index in [1.165, 1.54) is 64.3 Å². The van der Waals surface area contributed by atoms with Gasteiger partial charge in [-0.3, -0.25) is 0 Å². The summed E-state index contributed by atoms with van der Waals surface area (Å²) in [6, 6.07) is 59.2. The molecule has 0 radical (unpaired) electrons. The van der Waals surface area contributed by atoms with E-state index in [0.717, 1.165) is 73.9 Å². The fraction of sp³-hybridized carbons (Fsp3) is 0.0741. The Morgan fingerprint density at radius 1 is 0.525 bits per heavy atom. The standard InChI is InChI=1S/C54H32N2O2S/c1-2-10-30(11-3-1)32-21-23-42-41(24-32)49-34(19-18-31-12-4-5-13-35(31)49)28-54(42)29-43(54)53-55-50(52-51(56-53)38-15-7-9-17-45(38)58-52)33-20-22-37-40-26-39-36-14-6-8-16-44(36)57-46(39)27-48(40)59-47(37)25-33/h1-27,43H,28-29H2. The molecule has 12 aromatic rings. The van der Waals surface area contributed by atoms with Gasteiger partial charge in [-0.1, -0.05) is 121 Å². The van der Waals surface area contributed by atoms with Crippen LogP contribution in [0.25, 0.3) is 108 Å². The predicted molar refractivity (Wildman–Crippen MR) is 242 cm³/mol. The van der Waals surface area contributed by atoms with E-state index in [0.29, 0.717) is 0 Å². The summed E-state index contributed by atoms with van der Waals surface area (Å²) < 4.78 is 15.3. The topological polar surface area (TPSA) is 52.1 Å². The van der Waals surface area contributed by atoms with E-state index >= 15 is 0 Å². The fourth-order valence-electron chi connectivity index (χ4n) is 10.5. The van der Waals surface area contributed by atoms with Gasteiger partial charge >= 0.3 is 0 Å². The van der Waals surface area contributed by atoms with E-state index < -0.39 is 0 Å². The summed E-state index contributed by atoms with van der Waals surface area (Å²) in [6.07, 6.45) is 1.94. The minimum Gasteiger partial charge on any atom is -0.456 e. The molecule has 0 N–H and O–H groups in total. The number of furan rings is 2. The van der Waals surface area contributed by atoms with Gasteiger partial charge in [-0.2, -0.15) is 0 Å². The summed E-state index contributed by atoms with van der Waals surface area (Å²) in [5, 5.41) is 8.38. The van der Waals surface area contributed by atoms with E-state index in [9.17, 15) is 0 Å². The lowest BCUT2D eigenvalue weighted by molar-refractivity contribution is 0.638. The number of fused-ring (bicyclic) bond motifs is 15. The molecule has 276 valence electrons. The average Bonchev–Trinajstić information content (AvgIpc) is 3.52. The third-order valence-electron chi connectivity index (χ3n) is 13.3. The van der Waals surface area contributed by atoms with Gasteiger partial charge in [0.2, 0.25) is 0 Å². The molecule has 0 bridgehead atoms. The van der Waals surface area contributed by atoms with Crippen LogP contribution >= 0.6 is 11.3 Å². The number of benzene rings is 8. The molecule has 5 heteroatoms. The van der Waals surface area contributed by atoms with Crippen molar-refractivity contribution in [2.75, 3.05) is 0 Å². The van der Waals surface area contributed by atoms with Gasteiger partial charge in [0.25, 0.3) is 0 Å². The van der Waals surface area contributed by atoms with Gasteiger partial charge in [-0.05, 0) is 99.5 Å². The Bertz CT molecular complexity index is 3760. The van der Waals surface area contributed by atoms with E-state index in [-0.39, 0.29) is 11.3 Å². The highest BCUT2D eigenvalue weighted by Gasteiger charge is 2.60. The van der Waals surface area contributed by atoms with Crippen LogP contribution in [-0.4, -0.2) is 9.97 Å². The van der Waals surface area contributed by atoms with Crippen molar-refractivity contribution >= 4 is 86.3 Å². The van der Waals surface area contributed by atoms with E-state index in [1.54, 1.807) is 11.3 Å². The Kier molecular flexibility index (Phi) is 6.24. The summed E-state index contributed by atoms with van der Waals surface area (Å²) in [5.74, 6) is 1.05. The molecule has 2 aliphatic carbocycles. The summed E-state index contributed by atoms with van der Waals surface area (Å²) in [6.45, 7) is 0. The van der Waals surface area contributed by atoms with Crippen molar-refractivity contribution in [3.63, 3.8) is 0 Å². The molecular weight excluding hydrogens is 741 g/mol. The Balaban J connectivity index is 0.948. The lowest BCUT2D eigenvalue weighted by Gasteiger charge is -2.30. The van der Waals surface area contributed by atoms with Crippen molar-refractivity contribution in [2.24, 2.45) is 0 Å². The summed E-state index contributed by atoms with van der Waals surface area (Å²) in [5.41, 5.74) is 14.0. The lowest BCUT2D eigenvalue weighted by Crippen LogP contribution is -2.21. The second kappa shape index (κ2) is 11.5. The molecule has 8 aromatic carbocycles. The lowest BCUT2D eigenvalue weighted by atomic mass is 9.73. The molecule has 0 saturated heterocycles. The van der Waals surface area contributed by atoms with Crippen LogP contribution in [0.2, 0.25) is 0 Å². The van der Waals surface area contributed by atoms with Gasteiger partial charge < -0.3 is 8.83 Å². The highest BCUT2D eigenvalue weighted by Crippen LogP contribution is 2.66. The monoisotopic (exact) mass is 772 g/mol. The number of hydrogen-bond donors (Lipinski definition) is 0. The highest BCUT2D eigenvalue weighted by molar-refractivity contribution is 7.25. The molecule has 4 heterocycles. The number of nitrogens with zero attached hydrogens (tertiary/aromatic N) is 2. The molecule has 2 aliphatic rings. The first kappa shape index (κ1) is 31.9. The first-order chi connectivity index (χ1) is 29.2. The van der Waals surface area contributed by atoms with E-state index in [2.05, 4.69) is 140 Å². The van der Waals surface area contributed by atoms with Crippen LogP contribution in [0.15, 0.2) is 173 Å². The Morgan fingerprint density at radius 3 is 2.19 bits per heavy atom. The third-order valence-corrected chi connectivity index (χ3v) is 14.4. The minimum atomic E-state index is -0.110. The molecule has 1 saturated carbocycles. The first-order valence-corrected chi connectivity index (χ1v) is 21.2. The van der Waals surface area contributed by atoms with Crippen molar-refractivity contribution in [3.8, 4) is 33.5 Å². The zero-order valence-electron chi connectivity index (χ0n) is 31.7. The quantitative estimate of drug-likeness (QED) is 0.179. The number of aromatic nitrogens is 2. The zero-order valence-corrected chi connectivity index (χ0v) is 32.5. The summed E-state index contributed by atoms with van der Waals surface area (Å²) in [7, 11) is 0. The number of thiophene rings is 1. The van der Waals surface area contributed by atoms with Gasteiger partial charge in [0.1, 0.15) is 33.8 Å². The first-order valence-electron chi connectivity index (χ1n) is 20.3. The fourth-order valence-corrected chi connectivity index (χ4v) is 11.6. The predicted octanol–water partition coefficient (Wildman–Crippen LogP) is 14.8. The molecule has 0 amide bonds. The Morgan fingerprint density at radius 2 is 1.29 bits per heavy atom.